The van der Waals surface area contributed by atoms with Crippen LogP contribution >= 0.6 is 0 Å². The predicted molar refractivity (Wildman–Crippen MR) is 97.9 cm³/mol. The average molecular weight is 354 g/mol. The van der Waals surface area contributed by atoms with Crippen LogP contribution in [0.5, 0.6) is 0 Å². The summed E-state index contributed by atoms with van der Waals surface area (Å²) in [6, 6.07) is 16.5. The number of rotatable bonds is 7. The second-order valence-electron chi connectivity index (χ2n) is 6.61. The van der Waals surface area contributed by atoms with Crippen molar-refractivity contribution in [2.75, 3.05) is 19.6 Å². The Hall–Kier alpha value is -2.69. The van der Waals surface area contributed by atoms with Gasteiger partial charge in [0.2, 0.25) is 11.8 Å². The van der Waals surface area contributed by atoms with E-state index in [1.54, 1.807) is 23.1 Å². The summed E-state index contributed by atoms with van der Waals surface area (Å²) in [7, 11) is 0. The number of nitrogens with zero attached hydrogens (tertiary/aromatic N) is 1. The number of carbonyl (C=O) groups excluding carboxylic acids is 2. The van der Waals surface area contributed by atoms with E-state index in [9.17, 15) is 14.0 Å². The number of hydrogen-bond donors (Lipinski definition) is 1. The first-order chi connectivity index (χ1) is 12.6. The number of halogens is 1. The van der Waals surface area contributed by atoms with E-state index in [2.05, 4.69) is 5.32 Å². The second kappa shape index (κ2) is 8.61. The SMILES string of the molecule is O=C(NCCc1ccccc1F)C1CC(=O)N(CCc2ccccc2)C1. The van der Waals surface area contributed by atoms with Crippen molar-refractivity contribution in [2.45, 2.75) is 19.3 Å². The molecule has 3 rings (SSSR count). The molecule has 2 aromatic rings. The third kappa shape index (κ3) is 4.69. The first-order valence-electron chi connectivity index (χ1n) is 8.96. The molecule has 1 fully saturated rings. The van der Waals surface area contributed by atoms with E-state index in [-0.39, 0.29) is 30.0 Å². The van der Waals surface area contributed by atoms with Crippen molar-refractivity contribution in [1.29, 1.82) is 0 Å². The molecule has 0 aromatic heterocycles. The highest BCUT2D eigenvalue weighted by molar-refractivity contribution is 5.89. The highest BCUT2D eigenvalue weighted by Crippen LogP contribution is 2.18. The third-order valence-corrected chi connectivity index (χ3v) is 4.75. The van der Waals surface area contributed by atoms with Crippen LogP contribution in [-0.2, 0) is 22.4 Å². The molecule has 1 heterocycles. The number of benzene rings is 2. The van der Waals surface area contributed by atoms with E-state index in [0.29, 0.717) is 31.6 Å². The summed E-state index contributed by atoms with van der Waals surface area (Å²) >= 11 is 0. The van der Waals surface area contributed by atoms with Crippen molar-refractivity contribution < 1.29 is 14.0 Å². The van der Waals surface area contributed by atoms with Crippen LogP contribution in [0, 0.1) is 11.7 Å². The molecule has 1 aliphatic heterocycles. The quantitative estimate of drug-likeness (QED) is 0.831. The van der Waals surface area contributed by atoms with E-state index in [4.69, 9.17) is 0 Å². The summed E-state index contributed by atoms with van der Waals surface area (Å²) in [4.78, 5) is 26.2. The van der Waals surface area contributed by atoms with Crippen LogP contribution in [0.15, 0.2) is 54.6 Å². The summed E-state index contributed by atoms with van der Waals surface area (Å²) in [5, 5.41) is 2.83. The Morgan fingerprint density at radius 3 is 2.58 bits per heavy atom. The maximum absolute atomic E-state index is 13.6. The van der Waals surface area contributed by atoms with Gasteiger partial charge in [0, 0.05) is 26.1 Å². The molecule has 5 heteroatoms. The molecule has 1 unspecified atom stereocenters. The van der Waals surface area contributed by atoms with Crippen LogP contribution in [0.25, 0.3) is 0 Å². The molecular formula is C21H23FN2O2. The molecule has 0 aliphatic carbocycles. The van der Waals surface area contributed by atoms with Crippen LogP contribution in [0.2, 0.25) is 0 Å². The lowest BCUT2D eigenvalue weighted by Crippen LogP contribution is -2.34. The lowest BCUT2D eigenvalue weighted by atomic mass is 10.1. The van der Waals surface area contributed by atoms with E-state index in [1.807, 2.05) is 30.3 Å². The summed E-state index contributed by atoms with van der Waals surface area (Å²) < 4.78 is 13.6. The Balaban J connectivity index is 1.44. The number of nitrogens with one attached hydrogen (secondary N) is 1. The molecule has 136 valence electrons. The number of carbonyl (C=O) groups is 2. The van der Waals surface area contributed by atoms with Crippen molar-refractivity contribution in [2.24, 2.45) is 5.92 Å². The van der Waals surface area contributed by atoms with Gasteiger partial charge < -0.3 is 10.2 Å². The fourth-order valence-electron chi connectivity index (χ4n) is 3.24. The zero-order valence-corrected chi connectivity index (χ0v) is 14.7. The minimum atomic E-state index is -0.320. The lowest BCUT2D eigenvalue weighted by molar-refractivity contribution is -0.129. The number of hydrogen-bond acceptors (Lipinski definition) is 2. The van der Waals surface area contributed by atoms with Gasteiger partial charge in [-0.3, -0.25) is 9.59 Å². The van der Waals surface area contributed by atoms with Gasteiger partial charge in [-0.1, -0.05) is 48.5 Å². The van der Waals surface area contributed by atoms with E-state index in [1.165, 1.54) is 11.6 Å². The van der Waals surface area contributed by atoms with E-state index in [0.717, 1.165) is 6.42 Å². The summed E-state index contributed by atoms with van der Waals surface area (Å²) in [6.45, 7) is 1.45. The summed E-state index contributed by atoms with van der Waals surface area (Å²) in [5.41, 5.74) is 1.76. The smallest absolute Gasteiger partial charge is 0.225 e. The van der Waals surface area contributed by atoms with Crippen molar-refractivity contribution in [3.05, 3.63) is 71.5 Å². The van der Waals surface area contributed by atoms with Crippen LogP contribution in [-0.4, -0.2) is 36.3 Å². The Bertz CT molecular complexity index is 764. The van der Waals surface area contributed by atoms with Gasteiger partial charge in [-0.15, -0.1) is 0 Å². The molecule has 26 heavy (non-hydrogen) atoms. The predicted octanol–water partition coefficient (Wildman–Crippen LogP) is 2.58. The zero-order chi connectivity index (χ0) is 18.4. The topological polar surface area (TPSA) is 49.4 Å². The van der Waals surface area contributed by atoms with Gasteiger partial charge in [0.25, 0.3) is 0 Å². The fourth-order valence-corrected chi connectivity index (χ4v) is 3.24. The monoisotopic (exact) mass is 354 g/mol. The Labute approximate surface area is 153 Å². The Morgan fingerprint density at radius 2 is 1.81 bits per heavy atom. The van der Waals surface area contributed by atoms with Gasteiger partial charge in [-0.2, -0.15) is 0 Å². The Kier molecular flexibility index (Phi) is 6.00. The molecule has 1 saturated heterocycles. The molecular weight excluding hydrogens is 331 g/mol. The average Bonchev–Trinajstić information content (AvgIpc) is 3.03. The zero-order valence-electron chi connectivity index (χ0n) is 14.7. The Morgan fingerprint density at radius 1 is 1.08 bits per heavy atom. The van der Waals surface area contributed by atoms with Gasteiger partial charge in [0.05, 0.1) is 5.92 Å². The van der Waals surface area contributed by atoms with Crippen molar-refractivity contribution in [1.82, 2.24) is 10.2 Å². The summed E-state index contributed by atoms with van der Waals surface area (Å²) in [6.07, 6.45) is 1.48. The van der Waals surface area contributed by atoms with Gasteiger partial charge in [-0.05, 0) is 30.0 Å². The third-order valence-electron chi connectivity index (χ3n) is 4.75. The van der Waals surface area contributed by atoms with Gasteiger partial charge >= 0.3 is 0 Å². The molecule has 1 atom stereocenters. The van der Waals surface area contributed by atoms with Crippen LogP contribution in [0.1, 0.15) is 17.5 Å². The highest BCUT2D eigenvalue weighted by Gasteiger charge is 2.33. The van der Waals surface area contributed by atoms with Crippen LogP contribution < -0.4 is 5.32 Å². The molecule has 1 aliphatic rings. The second-order valence-corrected chi connectivity index (χ2v) is 6.61. The molecule has 2 amide bonds. The van der Waals surface area contributed by atoms with Crippen molar-refractivity contribution >= 4 is 11.8 Å². The molecule has 0 bridgehead atoms. The van der Waals surface area contributed by atoms with E-state index >= 15 is 0 Å². The maximum Gasteiger partial charge on any atom is 0.225 e. The fraction of sp³-hybridized carbons (Fsp3) is 0.333. The van der Waals surface area contributed by atoms with Crippen molar-refractivity contribution in [3.63, 3.8) is 0 Å². The standard InChI is InChI=1S/C21H23FN2O2/c22-19-9-5-4-8-17(19)10-12-23-21(26)18-14-20(25)24(15-18)13-11-16-6-2-1-3-7-16/h1-9,18H,10-15H2,(H,23,26). The minimum absolute atomic E-state index is 0.0233. The van der Waals surface area contributed by atoms with Crippen LogP contribution in [0.3, 0.4) is 0 Å². The molecule has 0 saturated carbocycles. The first-order valence-corrected chi connectivity index (χ1v) is 8.96. The molecule has 4 nitrogen and oxygen atoms in total. The normalized spacial score (nSPS) is 16.7. The highest BCUT2D eigenvalue weighted by atomic mass is 19.1. The molecule has 0 spiro atoms. The lowest BCUT2D eigenvalue weighted by Gasteiger charge is -2.16. The molecule has 2 aromatic carbocycles. The number of amides is 2. The number of likely N-dealkylation sites (tertiary alicyclic amines) is 1. The van der Waals surface area contributed by atoms with Crippen LogP contribution in [0.4, 0.5) is 4.39 Å². The van der Waals surface area contributed by atoms with E-state index < -0.39 is 0 Å². The first kappa shape index (κ1) is 18.1. The summed E-state index contributed by atoms with van der Waals surface area (Å²) in [5.74, 6) is -0.684. The molecule has 1 N–H and O–H groups in total. The van der Waals surface area contributed by atoms with Gasteiger partial charge in [0.15, 0.2) is 0 Å². The van der Waals surface area contributed by atoms with Gasteiger partial charge in [-0.25, -0.2) is 4.39 Å². The minimum Gasteiger partial charge on any atom is -0.355 e. The largest absolute Gasteiger partial charge is 0.355 e. The van der Waals surface area contributed by atoms with Gasteiger partial charge in [0.1, 0.15) is 5.82 Å². The molecule has 0 radical (unpaired) electrons. The maximum atomic E-state index is 13.6. The van der Waals surface area contributed by atoms with Crippen molar-refractivity contribution in [3.8, 4) is 0 Å².